The SMILES string of the molecule is CCN(CC1CCC1)C(=O)c1cc(S)cs1. The molecule has 1 saturated carbocycles. The Bertz CT molecular complexity index is 371. The van der Waals surface area contributed by atoms with Crippen molar-refractivity contribution >= 4 is 29.9 Å². The maximum atomic E-state index is 12.2. The van der Waals surface area contributed by atoms with Crippen LogP contribution in [0.5, 0.6) is 0 Å². The lowest BCUT2D eigenvalue weighted by molar-refractivity contribution is 0.0711. The Balaban J connectivity index is 1.99. The largest absolute Gasteiger partial charge is 0.338 e. The molecule has 4 heteroatoms. The van der Waals surface area contributed by atoms with E-state index in [1.807, 2.05) is 23.3 Å². The molecule has 0 radical (unpaired) electrons. The van der Waals surface area contributed by atoms with Crippen molar-refractivity contribution < 1.29 is 4.79 Å². The molecule has 0 bridgehead atoms. The van der Waals surface area contributed by atoms with E-state index in [-0.39, 0.29) is 5.91 Å². The third kappa shape index (κ3) is 2.61. The van der Waals surface area contributed by atoms with Crippen LogP contribution in [0.1, 0.15) is 35.9 Å². The predicted octanol–water partition coefficient (Wildman–Crippen LogP) is 3.30. The van der Waals surface area contributed by atoms with E-state index in [1.54, 1.807) is 0 Å². The number of carbonyl (C=O) groups is 1. The summed E-state index contributed by atoms with van der Waals surface area (Å²) in [4.78, 5) is 15.8. The minimum atomic E-state index is 0.166. The zero-order chi connectivity index (χ0) is 11.5. The number of carbonyl (C=O) groups excluding carboxylic acids is 1. The van der Waals surface area contributed by atoms with Crippen LogP contribution in [0.4, 0.5) is 0 Å². The molecule has 0 aromatic carbocycles. The maximum Gasteiger partial charge on any atom is 0.263 e. The first-order valence-electron chi connectivity index (χ1n) is 5.77. The van der Waals surface area contributed by atoms with Gasteiger partial charge in [0.25, 0.3) is 5.91 Å². The molecule has 0 saturated heterocycles. The van der Waals surface area contributed by atoms with Crippen LogP contribution in [-0.4, -0.2) is 23.9 Å². The number of hydrogen-bond donors (Lipinski definition) is 1. The van der Waals surface area contributed by atoms with Gasteiger partial charge >= 0.3 is 0 Å². The van der Waals surface area contributed by atoms with Crippen molar-refractivity contribution in [2.45, 2.75) is 31.1 Å². The quantitative estimate of drug-likeness (QED) is 0.819. The Kier molecular flexibility index (Phi) is 3.92. The molecular weight excluding hydrogens is 238 g/mol. The van der Waals surface area contributed by atoms with E-state index in [1.165, 1.54) is 30.6 Å². The molecule has 1 aromatic rings. The molecule has 1 heterocycles. The number of thiophene rings is 1. The van der Waals surface area contributed by atoms with Crippen molar-refractivity contribution in [3.8, 4) is 0 Å². The summed E-state index contributed by atoms with van der Waals surface area (Å²) in [5, 5.41) is 1.91. The average Bonchev–Trinajstić information content (AvgIpc) is 2.63. The molecule has 1 amide bonds. The highest BCUT2D eigenvalue weighted by Gasteiger charge is 2.23. The van der Waals surface area contributed by atoms with Gasteiger partial charge in [-0.25, -0.2) is 0 Å². The molecule has 0 N–H and O–H groups in total. The van der Waals surface area contributed by atoms with Crippen LogP contribution >= 0.6 is 24.0 Å². The van der Waals surface area contributed by atoms with Crippen molar-refractivity contribution in [3.63, 3.8) is 0 Å². The van der Waals surface area contributed by atoms with E-state index in [2.05, 4.69) is 12.6 Å². The summed E-state index contributed by atoms with van der Waals surface area (Å²) in [5.74, 6) is 0.902. The monoisotopic (exact) mass is 255 g/mol. The maximum absolute atomic E-state index is 12.2. The fraction of sp³-hybridized carbons (Fsp3) is 0.583. The summed E-state index contributed by atoms with van der Waals surface area (Å²) >= 11 is 5.72. The van der Waals surface area contributed by atoms with Gasteiger partial charge in [0.05, 0.1) is 4.88 Å². The van der Waals surface area contributed by atoms with Gasteiger partial charge in [0.2, 0.25) is 0 Å². The van der Waals surface area contributed by atoms with Gasteiger partial charge in [-0.3, -0.25) is 4.79 Å². The Labute approximate surface area is 106 Å². The molecule has 1 aliphatic carbocycles. The second-order valence-electron chi connectivity index (χ2n) is 4.31. The highest BCUT2D eigenvalue weighted by atomic mass is 32.1. The molecule has 0 unspecified atom stereocenters. The number of nitrogens with zero attached hydrogens (tertiary/aromatic N) is 1. The van der Waals surface area contributed by atoms with Crippen LogP contribution in [0.15, 0.2) is 16.3 Å². The van der Waals surface area contributed by atoms with Gasteiger partial charge in [-0.15, -0.1) is 24.0 Å². The second kappa shape index (κ2) is 5.23. The van der Waals surface area contributed by atoms with E-state index in [9.17, 15) is 4.79 Å². The lowest BCUT2D eigenvalue weighted by Crippen LogP contribution is -2.36. The highest BCUT2D eigenvalue weighted by Crippen LogP contribution is 2.28. The van der Waals surface area contributed by atoms with Gasteiger partial charge in [0, 0.05) is 23.4 Å². The zero-order valence-electron chi connectivity index (χ0n) is 9.48. The van der Waals surface area contributed by atoms with E-state index in [4.69, 9.17) is 0 Å². The number of amides is 1. The first-order valence-corrected chi connectivity index (χ1v) is 7.10. The summed E-state index contributed by atoms with van der Waals surface area (Å²) < 4.78 is 0. The molecule has 88 valence electrons. The first kappa shape index (κ1) is 12.0. The van der Waals surface area contributed by atoms with Crippen LogP contribution in [0, 0.1) is 5.92 Å². The minimum absolute atomic E-state index is 0.166. The molecule has 1 fully saturated rings. The lowest BCUT2D eigenvalue weighted by Gasteiger charge is -2.31. The summed E-state index contributed by atoms with van der Waals surface area (Å²) in [5.41, 5.74) is 0. The third-order valence-electron chi connectivity index (χ3n) is 3.17. The molecule has 2 nitrogen and oxygen atoms in total. The van der Waals surface area contributed by atoms with Crippen LogP contribution in [0.3, 0.4) is 0 Å². The van der Waals surface area contributed by atoms with Gasteiger partial charge in [0.15, 0.2) is 0 Å². The third-order valence-corrected chi connectivity index (χ3v) is 4.52. The predicted molar refractivity (Wildman–Crippen MR) is 70.5 cm³/mol. The summed E-state index contributed by atoms with van der Waals surface area (Å²) in [6.07, 6.45) is 3.90. The smallest absolute Gasteiger partial charge is 0.263 e. The van der Waals surface area contributed by atoms with E-state index < -0.39 is 0 Å². The molecular formula is C12H17NOS2. The summed E-state index contributed by atoms with van der Waals surface area (Å²) in [6, 6.07) is 1.86. The zero-order valence-corrected chi connectivity index (χ0v) is 11.2. The Morgan fingerprint density at radius 3 is 2.81 bits per heavy atom. The van der Waals surface area contributed by atoms with Crippen molar-refractivity contribution in [1.29, 1.82) is 0 Å². The van der Waals surface area contributed by atoms with Gasteiger partial charge in [-0.05, 0) is 31.7 Å². The first-order chi connectivity index (χ1) is 7.70. The molecule has 0 atom stereocenters. The van der Waals surface area contributed by atoms with Crippen molar-refractivity contribution in [3.05, 3.63) is 16.3 Å². The second-order valence-corrected chi connectivity index (χ2v) is 5.74. The van der Waals surface area contributed by atoms with Crippen molar-refractivity contribution in [2.24, 2.45) is 5.92 Å². The lowest BCUT2D eigenvalue weighted by atomic mass is 9.85. The van der Waals surface area contributed by atoms with Crippen molar-refractivity contribution in [2.75, 3.05) is 13.1 Å². The standard InChI is InChI=1S/C12H17NOS2/c1-2-13(7-9-4-3-5-9)12(14)11-6-10(15)8-16-11/h6,8-9,15H,2-5,7H2,1H3. The Morgan fingerprint density at radius 2 is 2.38 bits per heavy atom. The fourth-order valence-electron chi connectivity index (χ4n) is 1.94. The number of thiol groups is 1. The van der Waals surface area contributed by atoms with E-state index in [0.29, 0.717) is 0 Å². The van der Waals surface area contributed by atoms with Gasteiger partial charge in [-0.2, -0.15) is 0 Å². The highest BCUT2D eigenvalue weighted by molar-refractivity contribution is 7.80. The van der Waals surface area contributed by atoms with Gasteiger partial charge in [0.1, 0.15) is 0 Å². The average molecular weight is 255 g/mol. The van der Waals surface area contributed by atoms with Crippen LogP contribution in [-0.2, 0) is 0 Å². The molecule has 2 rings (SSSR count). The topological polar surface area (TPSA) is 20.3 Å². The molecule has 1 aromatic heterocycles. The summed E-state index contributed by atoms with van der Waals surface area (Å²) in [6.45, 7) is 3.77. The molecule has 1 aliphatic rings. The molecule has 0 spiro atoms. The van der Waals surface area contributed by atoms with Crippen LogP contribution in [0.2, 0.25) is 0 Å². The van der Waals surface area contributed by atoms with E-state index in [0.717, 1.165) is 28.8 Å². The van der Waals surface area contributed by atoms with Crippen molar-refractivity contribution in [1.82, 2.24) is 4.90 Å². The van der Waals surface area contributed by atoms with E-state index >= 15 is 0 Å². The molecule has 0 aliphatic heterocycles. The number of rotatable bonds is 4. The fourth-order valence-corrected chi connectivity index (χ4v) is 3.05. The van der Waals surface area contributed by atoms with Gasteiger partial charge < -0.3 is 4.90 Å². The Morgan fingerprint density at radius 1 is 1.62 bits per heavy atom. The minimum Gasteiger partial charge on any atom is -0.338 e. The van der Waals surface area contributed by atoms with Gasteiger partial charge in [-0.1, -0.05) is 6.42 Å². The Hall–Kier alpha value is -0.480. The van der Waals surface area contributed by atoms with Crippen LogP contribution in [0.25, 0.3) is 0 Å². The number of hydrogen-bond acceptors (Lipinski definition) is 3. The summed E-state index contributed by atoms with van der Waals surface area (Å²) in [7, 11) is 0. The normalized spacial score (nSPS) is 15.9. The van der Waals surface area contributed by atoms with Crippen LogP contribution < -0.4 is 0 Å². The molecule has 16 heavy (non-hydrogen) atoms.